The SMILES string of the molecule is Cc1cc(C(=O)CNC(=O)O)n(C)n1. The van der Waals surface area contributed by atoms with Crippen LogP contribution in [0.25, 0.3) is 0 Å². The molecule has 0 radical (unpaired) electrons. The quantitative estimate of drug-likeness (QED) is 0.677. The normalized spacial score (nSPS) is 9.86. The molecule has 1 aromatic rings. The first-order valence-electron chi connectivity index (χ1n) is 4.01. The molecule has 0 unspecified atom stereocenters. The molecule has 0 saturated carbocycles. The maximum Gasteiger partial charge on any atom is 0.405 e. The molecule has 1 amide bonds. The summed E-state index contributed by atoms with van der Waals surface area (Å²) >= 11 is 0. The van der Waals surface area contributed by atoms with E-state index in [0.29, 0.717) is 5.69 Å². The third-order valence-electron chi connectivity index (χ3n) is 1.69. The summed E-state index contributed by atoms with van der Waals surface area (Å²) in [5.74, 6) is -0.296. The zero-order chi connectivity index (χ0) is 10.7. The fourth-order valence-corrected chi connectivity index (χ4v) is 1.12. The van der Waals surface area contributed by atoms with Crippen LogP contribution in [0.2, 0.25) is 0 Å². The van der Waals surface area contributed by atoms with Gasteiger partial charge in [-0.3, -0.25) is 9.48 Å². The van der Waals surface area contributed by atoms with Crippen LogP contribution in [0.1, 0.15) is 16.2 Å². The van der Waals surface area contributed by atoms with Gasteiger partial charge >= 0.3 is 6.09 Å². The highest BCUT2D eigenvalue weighted by Gasteiger charge is 2.12. The maximum absolute atomic E-state index is 11.4. The monoisotopic (exact) mass is 197 g/mol. The molecule has 0 fully saturated rings. The molecule has 1 heterocycles. The summed E-state index contributed by atoms with van der Waals surface area (Å²) < 4.78 is 1.43. The van der Waals surface area contributed by atoms with Gasteiger partial charge in [-0.05, 0) is 13.0 Å². The number of carbonyl (C=O) groups excluding carboxylic acids is 1. The number of nitrogens with one attached hydrogen (secondary N) is 1. The largest absolute Gasteiger partial charge is 0.465 e. The van der Waals surface area contributed by atoms with E-state index in [-0.39, 0.29) is 12.3 Å². The molecule has 0 aliphatic heterocycles. The molecule has 76 valence electrons. The van der Waals surface area contributed by atoms with Crippen LogP contribution < -0.4 is 5.32 Å². The number of Topliss-reactive ketones (excluding diaryl/α,β-unsaturated/α-hetero) is 1. The Morgan fingerprint density at radius 2 is 2.29 bits per heavy atom. The molecule has 0 atom stereocenters. The lowest BCUT2D eigenvalue weighted by atomic mass is 10.2. The van der Waals surface area contributed by atoms with Gasteiger partial charge in [-0.1, -0.05) is 0 Å². The van der Waals surface area contributed by atoms with Gasteiger partial charge in [-0.2, -0.15) is 5.10 Å². The molecule has 0 bridgehead atoms. The summed E-state index contributed by atoms with van der Waals surface area (Å²) in [6.07, 6.45) is -1.21. The average Bonchev–Trinajstić information content (AvgIpc) is 2.41. The Labute approximate surface area is 80.5 Å². The van der Waals surface area contributed by atoms with Crippen LogP contribution in [0, 0.1) is 6.92 Å². The topological polar surface area (TPSA) is 84.2 Å². The zero-order valence-electron chi connectivity index (χ0n) is 7.94. The van der Waals surface area contributed by atoms with Gasteiger partial charge in [0.1, 0.15) is 5.69 Å². The van der Waals surface area contributed by atoms with Gasteiger partial charge < -0.3 is 10.4 Å². The number of rotatable bonds is 3. The van der Waals surface area contributed by atoms with Crippen molar-refractivity contribution in [2.75, 3.05) is 6.54 Å². The van der Waals surface area contributed by atoms with E-state index in [1.807, 2.05) is 5.32 Å². The molecular formula is C8H11N3O3. The Morgan fingerprint density at radius 1 is 1.64 bits per heavy atom. The van der Waals surface area contributed by atoms with E-state index in [1.54, 1.807) is 20.0 Å². The Hall–Kier alpha value is -1.85. The van der Waals surface area contributed by atoms with Gasteiger partial charge in [0.05, 0.1) is 12.2 Å². The number of hydrogen-bond donors (Lipinski definition) is 2. The van der Waals surface area contributed by atoms with Crippen molar-refractivity contribution in [2.45, 2.75) is 6.92 Å². The van der Waals surface area contributed by atoms with Crippen molar-refractivity contribution in [3.8, 4) is 0 Å². The minimum Gasteiger partial charge on any atom is -0.465 e. The third-order valence-corrected chi connectivity index (χ3v) is 1.69. The first-order valence-corrected chi connectivity index (χ1v) is 4.01. The predicted molar refractivity (Wildman–Crippen MR) is 48.3 cm³/mol. The van der Waals surface area contributed by atoms with Gasteiger partial charge in [-0.15, -0.1) is 0 Å². The second kappa shape index (κ2) is 3.91. The van der Waals surface area contributed by atoms with Crippen LogP contribution in [-0.4, -0.2) is 33.3 Å². The fraction of sp³-hybridized carbons (Fsp3) is 0.375. The highest BCUT2D eigenvalue weighted by atomic mass is 16.4. The first-order chi connectivity index (χ1) is 6.50. The summed E-state index contributed by atoms with van der Waals surface area (Å²) in [5, 5.41) is 14.3. The molecule has 0 spiro atoms. The number of carboxylic acid groups (broad SMARTS) is 1. The molecular weight excluding hydrogens is 186 g/mol. The molecule has 0 aliphatic rings. The second-order valence-electron chi connectivity index (χ2n) is 2.88. The molecule has 14 heavy (non-hydrogen) atoms. The summed E-state index contributed by atoms with van der Waals surface area (Å²) in [6.45, 7) is 1.54. The van der Waals surface area contributed by atoms with E-state index in [1.165, 1.54) is 4.68 Å². The Bertz CT molecular complexity index is 370. The standard InChI is InChI=1S/C8H11N3O3/c1-5-3-6(11(2)10-5)7(12)4-9-8(13)14/h3,9H,4H2,1-2H3,(H,13,14). The van der Waals surface area contributed by atoms with E-state index in [0.717, 1.165) is 5.69 Å². The summed E-state index contributed by atoms with van der Waals surface area (Å²) in [4.78, 5) is 21.5. The molecule has 6 heteroatoms. The maximum atomic E-state index is 11.4. The third kappa shape index (κ3) is 2.32. The van der Waals surface area contributed by atoms with E-state index >= 15 is 0 Å². The first kappa shape index (κ1) is 10.2. The lowest BCUT2D eigenvalue weighted by Crippen LogP contribution is -2.28. The number of amides is 1. The number of aromatic nitrogens is 2. The number of aryl methyl sites for hydroxylation is 2. The molecule has 6 nitrogen and oxygen atoms in total. The van der Waals surface area contributed by atoms with Gasteiger partial charge in [0.25, 0.3) is 0 Å². The minimum absolute atomic E-state index is 0.228. The van der Waals surface area contributed by atoms with Crippen molar-refractivity contribution < 1.29 is 14.7 Å². The van der Waals surface area contributed by atoms with Crippen LogP contribution in [0.3, 0.4) is 0 Å². The Morgan fingerprint density at radius 3 is 2.71 bits per heavy atom. The van der Waals surface area contributed by atoms with Gasteiger partial charge in [-0.25, -0.2) is 4.79 Å². The number of hydrogen-bond acceptors (Lipinski definition) is 3. The predicted octanol–water partition coefficient (Wildman–Crippen LogP) is 0.179. The van der Waals surface area contributed by atoms with Crippen LogP contribution >= 0.6 is 0 Å². The van der Waals surface area contributed by atoms with Crippen molar-refractivity contribution in [1.29, 1.82) is 0 Å². The molecule has 2 N–H and O–H groups in total. The van der Waals surface area contributed by atoms with Crippen LogP contribution in [0.5, 0.6) is 0 Å². The lowest BCUT2D eigenvalue weighted by Gasteiger charge is -2.00. The highest BCUT2D eigenvalue weighted by Crippen LogP contribution is 2.01. The van der Waals surface area contributed by atoms with Crippen LogP contribution in [-0.2, 0) is 7.05 Å². The lowest BCUT2D eigenvalue weighted by molar-refractivity contribution is 0.0978. The van der Waals surface area contributed by atoms with Crippen molar-refractivity contribution in [3.05, 3.63) is 17.5 Å². The van der Waals surface area contributed by atoms with E-state index < -0.39 is 6.09 Å². The van der Waals surface area contributed by atoms with Gasteiger partial charge in [0.15, 0.2) is 5.78 Å². The van der Waals surface area contributed by atoms with Crippen molar-refractivity contribution >= 4 is 11.9 Å². The second-order valence-corrected chi connectivity index (χ2v) is 2.88. The summed E-state index contributed by atoms with van der Waals surface area (Å²) in [6, 6.07) is 1.62. The van der Waals surface area contributed by atoms with Gasteiger partial charge in [0, 0.05) is 7.05 Å². The fourth-order valence-electron chi connectivity index (χ4n) is 1.12. The van der Waals surface area contributed by atoms with E-state index in [2.05, 4.69) is 5.10 Å². The molecule has 0 aromatic carbocycles. The van der Waals surface area contributed by atoms with Crippen LogP contribution in [0.4, 0.5) is 4.79 Å². The molecule has 1 rings (SSSR count). The summed E-state index contributed by atoms with van der Waals surface area (Å²) in [5.41, 5.74) is 1.13. The van der Waals surface area contributed by atoms with Crippen molar-refractivity contribution in [2.24, 2.45) is 7.05 Å². The van der Waals surface area contributed by atoms with E-state index in [4.69, 9.17) is 5.11 Å². The Balaban J connectivity index is 2.69. The Kier molecular flexibility index (Phi) is 2.85. The van der Waals surface area contributed by atoms with Crippen molar-refractivity contribution in [3.63, 3.8) is 0 Å². The highest BCUT2D eigenvalue weighted by molar-refractivity contribution is 5.97. The summed E-state index contributed by atoms with van der Waals surface area (Å²) in [7, 11) is 1.64. The number of carbonyl (C=O) groups is 2. The molecule has 0 aliphatic carbocycles. The van der Waals surface area contributed by atoms with Gasteiger partial charge in [0.2, 0.25) is 0 Å². The zero-order valence-corrected chi connectivity index (χ0v) is 7.94. The molecule has 0 saturated heterocycles. The van der Waals surface area contributed by atoms with Crippen molar-refractivity contribution in [1.82, 2.24) is 15.1 Å². The van der Waals surface area contributed by atoms with E-state index in [9.17, 15) is 9.59 Å². The number of nitrogens with zero attached hydrogens (tertiary/aromatic N) is 2. The average molecular weight is 197 g/mol. The van der Waals surface area contributed by atoms with Crippen LogP contribution in [0.15, 0.2) is 6.07 Å². The molecule has 1 aromatic heterocycles. The minimum atomic E-state index is -1.21. The smallest absolute Gasteiger partial charge is 0.405 e. The number of ketones is 1.